The number of H-pyrrole nitrogens is 1. The van der Waals surface area contributed by atoms with Crippen molar-refractivity contribution in [1.29, 1.82) is 0 Å². The SMILES string of the molecule is COc1cnc(-c2cc3c(F)cn(CC(F)CC(C)Oc4cn[nH]c(=O)c4C(F)(F)F)c(=O)c3cc2F)nc1. The Labute approximate surface area is 215 Å². The maximum atomic E-state index is 14.9. The largest absolute Gasteiger partial charge is 0.494 e. The number of alkyl halides is 4. The van der Waals surface area contributed by atoms with E-state index in [-0.39, 0.29) is 22.2 Å². The van der Waals surface area contributed by atoms with E-state index in [0.717, 1.165) is 18.3 Å². The van der Waals surface area contributed by atoms with Crippen LogP contribution in [0.5, 0.6) is 11.5 Å². The number of nitrogens with zero attached hydrogens (tertiary/aromatic N) is 4. The molecular weight excluding hydrogens is 536 g/mol. The molecule has 2 atom stereocenters. The molecule has 4 aromatic rings. The van der Waals surface area contributed by atoms with Gasteiger partial charge in [-0.15, -0.1) is 0 Å². The van der Waals surface area contributed by atoms with Gasteiger partial charge in [0, 0.05) is 18.0 Å². The van der Waals surface area contributed by atoms with Gasteiger partial charge < -0.3 is 14.0 Å². The molecule has 0 aliphatic rings. The van der Waals surface area contributed by atoms with Crippen molar-refractivity contribution in [3.63, 3.8) is 0 Å². The summed E-state index contributed by atoms with van der Waals surface area (Å²) in [5, 5.41) is 4.29. The number of methoxy groups -OCH3 is 1. The Morgan fingerprint density at radius 3 is 2.38 bits per heavy atom. The summed E-state index contributed by atoms with van der Waals surface area (Å²) < 4.78 is 94.9. The Morgan fingerprint density at radius 1 is 1.05 bits per heavy atom. The van der Waals surface area contributed by atoms with Crippen LogP contribution in [0.25, 0.3) is 22.2 Å². The van der Waals surface area contributed by atoms with Crippen molar-refractivity contribution in [1.82, 2.24) is 24.7 Å². The molecule has 1 N–H and O–H groups in total. The fourth-order valence-corrected chi connectivity index (χ4v) is 3.89. The van der Waals surface area contributed by atoms with Gasteiger partial charge in [-0.2, -0.15) is 18.3 Å². The van der Waals surface area contributed by atoms with E-state index in [1.165, 1.54) is 26.4 Å². The lowest BCUT2D eigenvalue weighted by Gasteiger charge is -2.19. The lowest BCUT2D eigenvalue weighted by atomic mass is 10.1. The molecule has 206 valence electrons. The minimum Gasteiger partial charge on any atom is -0.494 e. The fourth-order valence-electron chi connectivity index (χ4n) is 3.89. The molecule has 3 aromatic heterocycles. The molecule has 0 fully saturated rings. The normalized spacial score (nSPS) is 13.3. The van der Waals surface area contributed by atoms with Crippen LogP contribution in [0.4, 0.5) is 26.3 Å². The number of halogens is 6. The Hall–Kier alpha value is -4.43. The van der Waals surface area contributed by atoms with Gasteiger partial charge in [-0.25, -0.2) is 28.2 Å². The van der Waals surface area contributed by atoms with Crippen LogP contribution < -0.4 is 20.6 Å². The number of hydrogen-bond donors (Lipinski definition) is 1. The fraction of sp³-hybridized carbons (Fsp3) is 0.292. The first kappa shape index (κ1) is 27.6. The van der Waals surface area contributed by atoms with Crippen LogP contribution in [0.15, 0.2) is 46.5 Å². The summed E-state index contributed by atoms with van der Waals surface area (Å²) in [4.78, 5) is 32.3. The van der Waals surface area contributed by atoms with Crippen molar-refractivity contribution >= 4 is 10.8 Å². The summed E-state index contributed by atoms with van der Waals surface area (Å²) in [6, 6.07) is 1.85. The monoisotopic (exact) mass is 555 g/mol. The molecular formula is C24H19F6N5O4. The summed E-state index contributed by atoms with van der Waals surface area (Å²) in [7, 11) is 1.39. The van der Waals surface area contributed by atoms with E-state index in [9.17, 15) is 35.9 Å². The zero-order valence-electron chi connectivity index (χ0n) is 20.2. The zero-order valence-corrected chi connectivity index (χ0v) is 20.2. The summed E-state index contributed by atoms with van der Waals surface area (Å²) in [6.07, 6.45) is -4.74. The van der Waals surface area contributed by atoms with Crippen molar-refractivity contribution in [2.75, 3.05) is 7.11 Å². The first-order valence-electron chi connectivity index (χ1n) is 11.2. The standard InChI is InChI=1S/C24H19F6N5O4/c1-11(39-19-8-33-34-22(36)20(19)24(28,29)30)3-12(25)9-35-10-18(27)14-4-16(17(26)5-15(14)23(35)37)21-31-6-13(38-2)7-32-21/h4-8,10-12H,3,9H2,1-2H3,(H,34,36). The Bertz CT molecular complexity index is 1620. The van der Waals surface area contributed by atoms with E-state index in [4.69, 9.17) is 9.47 Å². The molecule has 3 heterocycles. The molecule has 0 saturated heterocycles. The summed E-state index contributed by atoms with van der Waals surface area (Å²) in [6.45, 7) is 0.542. The van der Waals surface area contributed by atoms with E-state index in [0.29, 0.717) is 16.5 Å². The average molecular weight is 555 g/mol. The lowest BCUT2D eigenvalue weighted by molar-refractivity contribution is -0.140. The Kier molecular flexibility index (Phi) is 7.60. The van der Waals surface area contributed by atoms with Crippen LogP contribution >= 0.6 is 0 Å². The lowest BCUT2D eigenvalue weighted by Crippen LogP contribution is -2.29. The molecule has 4 rings (SSSR count). The van der Waals surface area contributed by atoms with Gasteiger partial charge >= 0.3 is 6.18 Å². The van der Waals surface area contributed by atoms with Crippen LogP contribution in [0, 0.1) is 11.6 Å². The van der Waals surface area contributed by atoms with Gasteiger partial charge in [-0.1, -0.05) is 0 Å². The third-order valence-corrected chi connectivity index (χ3v) is 5.65. The Morgan fingerprint density at radius 2 is 1.74 bits per heavy atom. The van der Waals surface area contributed by atoms with Crippen LogP contribution in [0.3, 0.4) is 0 Å². The predicted molar refractivity (Wildman–Crippen MR) is 125 cm³/mol. The van der Waals surface area contributed by atoms with E-state index in [1.807, 2.05) is 0 Å². The number of benzene rings is 1. The van der Waals surface area contributed by atoms with Gasteiger partial charge in [0.05, 0.1) is 49.3 Å². The maximum absolute atomic E-state index is 14.9. The number of rotatable bonds is 8. The first-order valence-corrected chi connectivity index (χ1v) is 11.2. The van der Waals surface area contributed by atoms with Crippen molar-refractivity contribution in [3.8, 4) is 22.9 Å². The van der Waals surface area contributed by atoms with E-state index in [1.54, 1.807) is 5.10 Å². The van der Waals surface area contributed by atoms with Gasteiger partial charge in [0.25, 0.3) is 11.1 Å². The second kappa shape index (κ2) is 10.7. The van der Waals surface area contributed by atoms with E-state index >= 15 is 0 Å². The maximum Gasteiger partial charge on any atom is 0.425 e. The van der Waals surface area contributed by atoms with Crippen LogP contribution in [-0.2, 0) is 12.7 Å². The molecule has 15 heteroatoms. The number of nitrogens with one attached hydrogen (secondary N) is 1. The highest BCUT2D eigenvalue weighted by atomic mass is 19.4. The zero-order chi connectivity index (χ0) is 28.5. The second-order valence-electron chi connectivity index (χ2n) is 8.46. The average Bonchev–Trinajstić information content (AvgIpc) is 2.86. The highest BCUT2D eigenvalue weighted by molar-refractivity contribution is 5.86. The van der Waals surface area contributed by atoms with E-state index in [2.05, 4.69) is 15.1 Å². The number of ether oxygens (including phenoxy) is 2. The topological polar surface area (TPSA) is 112 Å². The number of aromatic amines is 1. The number of hydrogen-bond acceptors (Lipinski definition) is 7. The van der Waals surface area contributed by atoms with Gasteiger partial charge in [-0.3, -0.25) is 9.59 Å². The molecule has 0 radical (unpaired) electrons. The molecule has 0 aliphatic carbocycles. The highest BCUT2D eigenvalue weighted by Gasteiger charge is 2.38. The molecule has 0 aliphatic heterocycles. The Balaban J connectivity index is 1.55. The van der Waals surface area contributed by atoms with E-state index < -0.39 is 65.5 Å². The molecule has 9 nitrogen and oxygen atoms in total. The van der Waals surface area contributed by atoms with Gasteiger partial charge in [0.1, 0.15) is 17.8 Å². The minimum atomic E-state index is -5.05. The van der Waals surface area contributed by atoms with Crippen molar-refractivity contribution in [2.45, 2.75) is 38.3 Å². The molecule has 1 aromatic carbocycles. The third kappa shape index (κ3) is 5.86. The summed E-state index contributed by atoms with van der Waals surface area (Å²) in [5.74, 6) is -2.55. The quantitative estimate of drug-likeness (QED) is 0.327. The predicted octanol–water partition coefficient (Wildman–Crippen LogP) is 4.04. The van der Waals surface area contributed by atoms with Gasteiger partial charge in [0.15, 0.2) is 22.9 Å². The number of pyridine rings is 1. The van der Waals surface area contributed by atoms with Crippen molar-refractivity contribution in [2.24, 2.45) is 0 Å². The van der Waals surface area contributed by atoms with Gasteiger partial charge in [0.2, 0.25) is 0 Å². The van der Waals surface area contributed by atoms with Crippen LogP contribution in [0.1, 0.15) is 18.9 Å². The molecule has 39 heavy (non-hydrogen) atoms. The summed E-state index contributed by atoms with van der Waals surface area (Å²) >= 11 is 0. The van der Waals surface area contributed by atoms with Crippen LogP contribution in [0.2, 0.25) is 0 Å². The van der Waals surface area contributed by atoms with Crippen LogP contribution in [-0.4, -0.2) is 44.1 Å². The first-order chi connectivity index (χ1) is 18.4. The second-order valence-corrected chi connectivity index (χ2v) is 8.46. The highest BCUT2D eigenvalue weighted by Crippen LogP contribution is 2.33. The minimum absolute atomic E-state index is 0.0825. The molecule has 0 amide bonds. The summed E-state index contributed by atoms with van der Waals surface area (Å²) in [5.41, 5.74) is -4.24. The van der Waals surface area contributed by atoms with Crippen molar-refractivity contribution < 1.29 is 35.8 Å². The number of aromatic nitrogens is 5. The molecule has 0 bridgehead atoms. The van der Waals surface area contributed by atoms with Crippen molar-refractivity contribution in [3.05, 3.63) is 74.8 Å². The number of fused-ring (bicyclic) bond motifs is 1. The van der Waals surface area contributed by atoms with Gasteiger partial charge in [-0.05, 0) is 19.1 Å². The molecule has 2 unspecified atom stereocenters. The smallest absolute Gasteiger partial charge is 0.425 e. The third-order valence-electron chi connectivity index (χ3n) is 5.65. The molecule has 0 saturated carbocycles. The molecule has 0 spiro atoms.